The zero-order chi connectivity index (χ0) is 42.6. The smallest absolute Gasteiger partial charge is 0.135 e. The van der Waals surface area contributed by atoms with Gasteiger partial charge in [-0.05, 0) is 121 Å². The van der Waals surface area contributed by atoms with Crippen LogP contribution in [0.2, 0.25) is 0 Å². The summed E-state index contributed by atoms with van der Waals surface area (Å²) >= 11 is 0. The number of hydrogen-bond acceptors (Lipinski definition) is 2. The molecule has 4 aromatic heterocycles. The topological polar surface area (TPSA) is 36.1 Å². The fourth-order valence-corrected chi connectivity index (χ4v) is 14.5. The Balaban J connectivity index is 1.02. The Labute approximate surface area is 375 Å². The number of hydrogen-bond donors (Lipinski definition) is 0. The monoisotopic (exact) mass is 850 g/mol. The fourth-order valence-electron chi connectivity index (χ4n) is 10.6. The number of furan rings is 2. The van der Waals surface area contributed by atoms with E-state index in [0.29, 0.717) is 0 Å². The van der Waals surface area contributed by atoms with Crippen molar-refractivity contribution < 1.29 is 8.83 Å². The van der Waals surface area contributed by atoms with Gasteiger partial charge in [0.2, 0.25) is 0 Å². The van der Waals surface area contributed by atoms with E-state index in [9.17, 15) is 0 Å². The molecule has 0 saturated heterocycles. The van der Waals surface area contributed by atoms with E-state index in [1.54, 1.807) is 0 Å². The van der Waals surface area contributed by atoms with Crippen LogP contribution in [-0.2, 0) is 0 Å². The Hall–Kier alpha value is -8.25. The Bertz CT molecular complexity index is 3810. The van der Waals surface area contributed by atoms with Crippen LogP contribution >= 0.6 is 10.0 Å². The van der Waals surface area contributed by atoms with Gasteiger partial charge in [-0.1, -0.05) is 109 Å². The second kappa shape index (κ2) is 13.9. The summed E-state index contributed by atoms with van der Waals surface area (Å²) < 4.78 is 18.1. The minimum atomic E-state index is -2.10. The molecule has 14 aromatic rings. The van der Waals surface area contributed by atoms with E-state index in [4.69, 9.17) is 8.83 Å². The zero-order valence-electron chi connectivity index (χ0n) is 35.1. The highest BCUT2D eigenvalue weighted by atomic mass is 32.3. The first-order valence-corrected chi connectivity index (χ1v) is 23.7. The van der Waals surface area contributed by atoms with Crippen molar-refractivity contribution in [2.45, 2.75) is 19.6 Å². The number of fused-ring (bicyclic) bond motifs is 12. The molecule has 0 atom stereocenters. The summed E-state index contributed by atoms with van der Waals surface area (Å²) in [6.45, 7) is 0. The maximum Gasteiger partial charge on any atom is 0.135 e. The second-order valence-electron chi connectivity index (χ2n) is 16.9. The SMILES string of the molecule is c1ccc(S(c2ccccc2)(c2ccc3oc4ccc(-n5c6ccccc6c6ccccc65)cc4c3c2)c2ccc3oc4ccc(-n5c6ccccc6c6ccccc65)cc4c3c2)cc1. The van der Waals surface area contributed by atoms with Crippen molar-refractivity contribution >= 4 is 97.5 Å². The largest absolute Gasteiger partial charge is 0.456 e. The van der Waals surface area contributed by atoms with Gasteiger partial charge in [0.1, 0.15) is 22.3 Å². The summed E-state index contributed by atoms with van der Waals surface area (Å²) in [5.41, 5.74) is 10.4. The van der Waals surface area contributed by atoms with E-state index in [-0.39, 0.29) is 0 Å². The molecule has 0 aliphatic heterocycles. The Morgan fingerprint density at radius 1 is 0.246 bits per heavy atom. The van der Waals surface area contributed by atoms with Crippen LogP contribution < -0.4 is 0 Å². The number of para-hydroxylation sites is 4. The normalized spacial score (nSPS) is 12.6. The van der Waals surface area contributed by atoms with Crippen LogP contribution in [0, 0.1) is 0 Å². The fraction of sp³-hybridized carbons (Fsp3) is 0. The van der Waals surface area contributed by atoms with Gasteiger partial charge in [0.15, 0.2) is 0 Å². The van der Waals surface area contributed by atoms with Crippen molar-refractivity contribution in [1.29, 1.82) is 0 Å². The van der Waals surface area contributed by atoms with Gasteiger partial charge in [0.05, 0.1) is 22.1 Å². The van der Waals surface area contributed by atoms with Crippen molar-refractivity contribution in [3.05, 3.63) is 231 Å². The van der Waals surface area contributed by atoms with E-state index >= 15 is 0 Å². The number of benzene rings is 10. The lowest BCUT2D eigenvalue weighted by atomic mass is 10.1. The van der Waals surface area contributed by atoms with Crippen LogP contribution in [0.15, 0.2) is 259 Å². The Morgan fingerprint density at radius 2 is 0.554 bits per heavy atom. The molecule has 0 fully saturated rings. The summed E-state index contributed by atoms with van der Waals surface area (Å²) in [7, 11) is -2.10. The average Bonchev–Trinajstić information content (AvgIpc) is 4.12. The van der Waals surface area contributed by atoms with E-state index in [1.807, 2.05) is 0 Å². The molecule has 0 aliphatic carbocycles. The quantitative estimate of drug-likeness (QED) is 0.167. The summed E-state index contributed by atoms with van der Waals surface area (Å²) in [6.07, 6.45) is 0. The molecule has 306 valence electrons. The third-order valence-electron chi connectivity index (χ3n) is 13.4. The highest BCUT2D eigenvalue weighted by Crippen LogP contribution is 2.74. The third-order valence-corrected chi connectivity index (χ3v) is 17.3. The molecular formula is C60H38N2O2S. The van der Waals surface area contributed by atoms with Crippen molar-refractivity contribution in [2.75, 3.05) is 0 Å². The predicted octanol–water partition coefficient (Wildman–Crippen LogP) is 17.0. The van der Waals surface area contributed by atoms with Gasteiger partial charge >= 0.3 is 0 Å². The van der Waals surface area contributed by atoms with Crippen molar-refractivity contribution in [3.8, 4) is 11.4 Å². The first kappa shape index (κ1) is 36.3. The van der Waals surface area contributed by atoms with Gasteiger partial charge in [-0.25, -0.2) is 0 Å². The predicted molar refractivity (Wildman–Crippen MR) is 270 cm³/mol. The highest BCUT2D eigenvalue weighted by Gasteiger charge is 2.34. The lowest BCUT2D eigenvalue weighted by molar-refractivity contribution is 0.668. The third kappa shape index (κ3) is 5.21. The summed E-state index contributed by atoms with van der Waals surface area (Å²) in [4.78, 5) is 4.96. The molecule has 4 nitrogen and oxygen atoms in total. The van der Waals surface area contributed by atoms with Crippen LogP contribution in [0.1, 0.15) is 0 Å². The van der Waals surface area contributed by atoms with Crippen molar-refractivity contribution in [3.63, 3.8) is 0 Å². The molecule has 0 amide bonds. The molecule has 14 rings (SSSR count). The van der Waals surface area contributed by atoms with Crippen molar-refractivity contribution in [1.82, 2.24) is 9.13 Å². The maximum atomic E-state index is 6.66. The molecule has 0 N–H and O–H groups in total. The molecule has 0 spiro atoms. The summed E-state index contributed by atoms with van der Waals surface area (Å²) in [5.74, 6) is 0. The molecule has 0 radical (unpaired) electrons. The minimum Gasteiger partial charge on any atom is -0.456 e. The number of nitrogens with zero attached hydrogens (tertiary/aromatic N) is 2. The van der Waals surface area contributed by atoms with Crippen LogP contribution in [0.25, 0.3) is 98.9 Å². The Kier molecular flexibility index (Phi) is 7.74. The van der Waals surface area contributed by atoms with E-state index in [2.05, 4.69) is 240 Å². The number of rotatable bonds is 6. The molecule has 4 heterocycles. The zero-order valence-corrected chi connectivity index (χ0v) is 35.9. The van der Waals surface area contributed by atoms with E-state index in [1.165, 1.54) is 63.2 Å². The molecule has 10 aromatic carbocycles. The lowest BCUT2D eigenvalue weighted by Gasteiger charge is -2.42. The van der Waals surface area contributed by atoms with Gasteiger partial charge in [-0.2, -0.15) is 0 Å². The van der Waals surface area contributed by atoms with Gasteiger partial charge in [-0.15, -0.1) is 10.0 Å². The highest BCUT2D eigenvalue weighted by molar-refractivity contribution is 8.34. The van der Waals surface area contributed by atoms with Gasteiger partial charge in [0, 0.05) is 74.0 Å². The molecule has 0 saturated carbocycles. The molecular weight excluding hydrogens is 813 g/mol. The number of aromatic nitrogens is 2. The minimum absolute atomic E-state index is 0.867. The lowest BCUT2D eigenvalue weighted by Crippen LogP contribution is -2.05. The van der Waals surface area contributed by atoms with Gasteiger partial charge < -0.3 is 18.0 Å². The molecule has 0 aliphatic rings. The van der Waals surface area contributed by atoms with Crippen LogP contribution in [0.5, 0.6) is 0 Å². The summed E-state index contributed by atoms with van der Waals surface area (Å²) in [5, 5.41) is 9.33. The standard InChI is InChI=1S/C60H38N2O2S/c1-3-15-41(16-4-1)65(42-17-5-2-6-18-42,43-29-33-59-51(37-43)49-35-39(27-31-57(49)63-59)61-53-23-11-7-19-45(53)46-20-8-12-24-54(46)61)44-30-34-60-52(38-44)50-36-40(28-32-58(50)64-60)62-55-25-13-9-21-47(55)48-22-10-14-26-56(48)62/h1-38H. The second-order valence-corrected chi connectivity index (χ2v) is 20.0. The van der Waals surface area contributed by atoms with E-state index in [0.717, 1.165) is 55.3 Å². The first-order valence-electron chi connectivity index (χ1n) is 22.1. The average molecular weight is 851 g/mol. The molecule has 0 unspecified atom stereocenters. The van der Waals surface area contributed by atoms with Gasteiger partial charge in [0.25, 0.3) is 0 Å². The van der Waals surface area contributed by atoms with Crippen LogP contribution in [0.4, 0.5) is 0 Å². The maximum absolute atomic E-state index is 6.66. The van der Waals surface area contributed by atoms with Crippen LogP contribution in [-0.4, -0.2) is 9.13 Å². The molecule has 0 bridgehead atoms. The Morgan fingerprint density at radius 3 is 0.923 bits per heavy atom. The first-order chi connectivity index (χ1) is 32.2. The van der Waals surface area contributed by atoms with Crippen LogP contribution in [0.3, 0.4) is 0 Å². The van der Waals surface area contributed by atoms with Crippen molar-refractivity contribution in [2.24, 2.45) is 0 Å². The van der Waals surface area contributed by atoms with Gasteiger partial charge in [-0.3, -0.25) is 0 Å². The summed E-state index contributed by atoms with van der Waals surface area (Å²) in [6, 6.07) is 83.9. The molecule has 5 heteroatoms. The van der Waals surface area contributed by atoms with E-state index < -0.39 is 10.0 Å². The molecule has 65 heavy (non-hydrogen) atoms.